The third-order valence-electron chi connectivity index (χ3n) is 6.65. The molecular formula is C23H27ClFN7O2. The van der Waals surface area contributed by atoms with Crippen molar-refractivity contribution in [3.8, 4) is 0 Å². The highest BCUT2D eigenvalue weighted by molar-refractivity contribution is 6.33. The lowest BCUT2D eigenvalue weighted by molar-refractivity contribution is -0.122. The number of ether oxygens (including phenoxy) is 1. The SMILES string of the molecule is NC(=O)C1CCC(n2c(Nc3cccc(F)c3Cl)nc3cnc(NC4CCOCC4)nc32)CC1. The number of amides is 1. The Hall–Kier alpha value is -2.98. The highest BCUT2D eigenvalue weighted by Gasteiger charge is 2.29. The minimum absolute atomic E-state index is 0.00787. The zero-order valence-electron chi connectivity index (χ0n) is 18.6. The van der Waals surface area contributed by atoms with E-state index in [9.17, 15) is 9.18 Å². The lowest BCUT2D eigenvalue weighted by Crippen LogP contribution is -2.29. The van der Waals surface area contributed by atoms with Gasteiger partial charge in [0.15, 0.2) is 5.65 Å². The lowest BCUT2D eigenvalue weighted by atomic mass is 9.85. The largest absolute Gasteiger partial charge is 0.381 e. The number of rotatable bonds is 6. The zero-order valence-corrected chi connectivity index (χ0v) is 19.4. The maximum absolute atomic E-state index is 14.1. The third kappa shape index (κ3) is 4.65. The number of hydrogen-bond donors (Lipinski definition) is 3. The van der Waals surface area contributed by atoms with Gasteiger partial charge in [-0.05, 0) is 50.7 Å². The quantitative estimate of drug-likeness (QED) is 0.477. The number of hydrogen-bond acceptors (Lipinski definition) is 7. The number of benzene rings is 1. The fourth-order valence-electron chi connectivity index (χ4n) is 4.76. The van der Waals surface area contributed by atoms with Crippen LogP contribution in [0.3, 0.4) is 0 Å². The molecule has 1 aliphatic carbocycles. The molecule has 2 aromatic heterocycles. The Morgan fingerprint density at radius 3 is 2.65 bits per heavy atom. The molecule has 1 saturated heterocycles. The van der Waals surface area contributed by atoms with Crippen LogP contribution in [0.1, 0.15) is 44.6 Å². The maximum atomic E-state index is 14.1. The van der Waals surface area contributed by atoms with Crippen LogP contribution in [0.15, 0.2) is 24.4 Å². The number of nitrogens with one attached hydrogen (secondary N) is 2. The van der Waals surface area contributed by atoms with Crippen LogP contribution in [0.5, 0.6) is 0 Å². The summed E-state index contributed by atoms with van der Waals surface area (Å²) in [7, 11) is 0. The zero-order chi connectivity index (χ0) is 23.7. The molecule has 5 rings (SSSR count). The number of nitrogens with two attached hydrogens (primary N) is 1. The van der Waals surface area contributed by atoms with E-state index in [1.54, 1.807) is 18.3 Å². The van der Waals surface area contributed by atoms with E-state index in [1.807, 2.05) is 4.57 Å². The highest BCUT2D eigenvalue weighted by Crippen LogP contribution is 2.38. The van der Waals surface area contributed by atoms with Crippen molar-refractivity contribution in [2.24, 2.45) is 11.7 Å². The fourth-order valence-corrected chi connectivity index (χ4v) is 4.93. The summed E-state index contributed by atoms with van der Waals surface area (Å²) in [6, 6.07) is 4.88. The summed E-state index contributed by atoms with van der Waals surface area (Å²) in [6.45, 7) is 1.42. The van der Waals surface area contributed by atoms with Crippen molar-refractivity contribution in [1.82, 2.24) is 19.5 Å². The monoisotopic (exact) mass is 487 g/mol. The van der Waals surface area contributed by atoms with Gasteiger partial charge in [0.05, 0.1) is 16.9 Å². The number of imidazole rings is 1. The number of primary amides is 1. The molecule has 0 unspecified atom stereocenters. The first kappa shape index (κ1) is 22.8. The number of fused-ring (bicyclic) bond motifs is 1. The van der Waals surface area contributed by atoms with Gasteiger partial charge in [0.1, 0.15) is 11.3 Å². The summed E-state index contributed by atoms with van der Waals surface area (Å²) < 4.78 is 21.5. The van der Waals surface area contributed by atoms with Gasteiger partial charge < -0.3 is 21.1 Å². The van der Waals surface area contributed by atoms with Crippen molar-refractivity contribution in [3.05, 3.63) is 35.2 Å². The Labute approximate surface area is 201 Å². The van der Waals surface area contributed by atoms with Gasteiger partial charge in [-0.3, -0.25) is 9.36 Å². The van der Waals surface area contributed by atoms with E-state index in [2.05, 4.69) is 15.6 Å². The molecule has 180 valence electrons. The summed E-state index contributed by atoms with van der Waals surface area (Å²) in [5.74, 6) is 0.132. The van der Waals surface area contributed by atoms with Gasteiger partial charge in [-0.25, -0.2) is 14.4 Å². The first-order valence-electron chi connectivity index (χ1n) is 11.6. The molecule has 0 spiro atoms. The second-order valence-corrected chi connectivity index (χ2v) is 9.25. The lowest BCUT2D eigenvalue weighted by Gasteiger charge is -2.29. The summed E-state index contributed by atoms with van der Waals surface area (Å²) in [5, 5.41) is 6.58. The fraction of sp³-hybridized carbons (Fsp3) is 0.478. The molecule has 3 aromatic rings. The van der Waals surface area contributed by atoms with Crippen molar-refractivity contribution in [3.63, 3.8) is 0 Å². The van der Waals surface area contributed by atoms with Gasteiger partial charge in [0, 0.05) is 31.2 Å². The van der Waals surface area contributed by atoms with Gasteiger partial charge in [-0.15, -0.1) is 0 Å². The molecule has 1 amide bonds. The molecule has 3 heterocycles. The molecule has 1 aromatic carbocycles. The first-order chi connectivity index (χ1) is 16.5. The van der Waals surface area contributed by atoms with E-state index < -0.39 is 5.82 Å². The molecule has 0 radical (unpaired) electrons. The Morgan fingerprint density at radius 1 is 1.15 bits per heavy atom. The van der Waals surface area contributed by atoms with E-state index in [0.717, 1.165) is 25.7 Å². The van der Waals surface area contributed by atoms with Crippen LogP contribution in [-0.4, -0.2) is 44.7 Å². The van der Waals surface area contributed by atoms with Gasteiger partial charge in [0.25, 0.3) is 0 Å². The molecular weight excluding hydrogens is 461 g/mol. The number of halogens is 2. The highest BCUT2D eigenvalue weighted by atomic mass is 35.5. The van der Waals surface area contributed by atoms with Crippen LogP contribution >= 0.6 is 11.6 Å². The summed E-state index contributed by atoms with van der Waals surface area (Å²) >= 11 is 6.19. The average Bonchev–Trinajstić information content (AvgIpc) is 3.20. The second kappa shape index (κ2) is 9.71. The minimum atomic E-state index is -0.515. The van der Waals surface area contributed by atoms with Crippen LogP contribution in [-0.2, 0) is 9.53 Å². The summed E-state index contributed by atoms with van der Waals surface area (Å²) in [5.41, 5.74) is 7.23. The van der Waals surface area contributed by atoms with Crippen LogP contribution in [0, 0.1) is 11.7 Å². The molecule has 2 aliphatic rings. The van der Waals surface area contributed by atoms with Crippen molar-refractivity contribution in [2.75, 3.05) is 23.8 Å². The molecule has 1 aliphatic heterocycles. The molecule has 2 fully saturated rings. The predicted molar refractivity (Wildman–Crippen MR) is 128 cm³/mol. The van der Waals surface area contributed by atoms with Gasteiger partial charge in [-0.2, -0.15) is 4.98 Å². The van der Waals surface area contributed by atoms with E-state index >= 15 is 0 Å². The number of carbonyl (C=O) groups excluding carboxylic acids is 1. The second-order valence-electron chi connectivity index (χ2n) is 8.87. The predicted octanol–water partition coefficient (Wildman–Crippen LogP) is 4.17. The number of nitrogens with zero attached hydrogens (tertiary/aromatic N) is 4. The van der Waals surface area contributed by atoms with Gasteiger partial charge in [-0.1, -0.05) is 17.7 Å². The molecule has 0 bridgehead atoms. The molecule has 9 nitrogen and oxygen atoms in total. The van der Waals surface area contributed by atoms with Crippen molar-refractivity contribution >= 4 is 46.3 Å². The van der Waals surface area contributed by atoms with Crippen LogP contribution in [0.2, 0.25) is 5.02 Å². The third-order valence-corrected chi connectivity index (χ3v) is 7.03. The van der Waals surface area contributed by atoms with Gasteiger partial charge in [0.2, 0.25) is 17.8 Å². The summed E-state index contributed by atoms with van der Waals surface area (Å²) in [4.78, 5) is 25.6. The first-order valence-corrected chi connectivity index (χ1v) is 12.0. The number of aromatic nitrogens is 4. The molecule has 11 heteroatoms. The van der Waals surface area contributed by atoms with E-state index in [0.29, 0.717) is 54.8 Å². The van der Waals surface area contributed by atoms with Crippen LogP contribution in [0.25, 0.3) is 11.2 Å². The van der Waals surface area contributed by atoms with E-state index in [-0.39, 0.29) is 28.9 Å². The number of anilines is 3. The minimum Gasteiger partial charge on any atom is -0.381 e. The van der Waals surface area contributed by atoms with Crippen LogP contribution < -0.4 is 16.4 Å². The van der Waals surface area contributed by atoms with E-state index in [1.165, 1.54) is 6.07 Å². The van der Waals surface area contributed by atoms with Gasteiger partial charge >= 0.3 is 0 Å². The van der Waals surface area contributed by atoms with Crippen molar-refractivity contribution in [2.45, 2.75) is 50.6 Å². The maximum Gasteiger partial charge on any atom is 0.224 e. The van der Waals surface area contributed by atoms with Crippen LogP contribution in [0.4, 0.5) is 22.0 Å². The molecule has 34 heavy (non-hydrogen) atoms. The van der Waals surface area contributed by atoms with Crippen molar-refractivity contribution in [1.29, 1.82) is 0 Å². The Kier molecular flexibility index (Phi) is 6.51. The smallest absolute Gasteiger partial charge is 0.224 e. The standard InChI is InChI=1S/C23H27ClFN7O2/c24-19-16(25)2-1-3-17(19)29-23-30-18-12-27-22(28-14-8-10-34-11-9-14)31-21(18)32(23)15-6-4-13(5-7-15)20(26)33/h1-3,12-15H,4-11H2,(H2,26,33)(H,29,30)(H,27,28,31). The average molecular weight is 488 g/mol. The normalized spacial score (nSPS) is 21.5. The summed E-state index contributed by atoms with van der Waals surface area (Å²) in [6.07, 6.45) is 6.35. The Balaban J connectivity index is 1.51. The topological polar surface area (TPSA) is 120 Å². The van der Waals surface area contributed by atoms with Crippen molar-refractivity contribution < 1.29 is 13.9 Å². The molecule has 0 atom stereocenters. The molecule has 1 saturated carbocycles. The molecule has 4 N–H and O–H groups in total. The Morgan fingerprint density at radius 2 is 1.91 bits per heavy atom. The Bertz CT molecular complexity index is 1190. The van der Waals surface area contributed by atoms with E-state index in [4.69, 9.17) is 32.0 Å². The number of carbonyl (C=O) groups is 1.